The van der Waals surface area contributed by atoms with Crippen LogP contribution in [0.3, 0.4) is 0 Å². The van der Waals surface area contributed by atoms with Gasteiger partial charge in [0.05, 0.1) is 15.4 Å². The van der Waals surface area contributed by atoms with Gasteiger partial charge in [-0.15, -0.1) is 11.3 Å². The van der Waals surface area contributed by atoms with Gasteiger partial charge in [-0.25, -0.2) is 9.97 Å². The number of aromatic nitrogens is 2. The Balaban J connectivity index is 1.79. The summed E-state index contributed by atoms with van der Waals surface area (Å²) in [5.41, 5.74) is 4.42. The van der Waals surface area contributed by atoms with Crippen molar-refractivity contribution in [2.75, 3.05) is 5.32 Å². The second-order valence-corrected chi connectivity index (χ2v) is 7.53. The van der Waals surface area contributed by atoms with Crippen LogP contribution in [0.15, 0.2) is 54.2 Å². The van der Waals surface area contributed by atoms with E-state index in [0.717, 1.165) is 39.3 Å². The normalized spacial score (nSPS) is 11.0. The van der Waals surface area contributed by atoms with Gasteiger partial charge in [-0.2, -0.15) is 0 Å². The number of aryl methyl sites for hydroxylation is 1. The fourth-order valence-electron chi connectivity index (χ4n) is 2.81. The minimum atomic E-state index is 0.502. The first-order valence-corrected chi connectivity index (χ1v) is 9.83. The summed E-state index contributed by atoms with van der Waals surface area (Å²) in [6, 6.07) is 14.1. The third-order valence-electron chi connectivity index (χ3n) is 4.23. The van der Waals surface area contributed by atoms with Crippen molar-refractivity contribution in [1.29, 1.82) is 0 Å². The first kappa shape index (κ1) is 17.3. The van der Waals surface area contributed by atoms with Gasteiger partial charge in [0.1, 0.15) is 17.0 Å². The topological polar surface area (TPSA) is 37.8 Å². The number of fused-ring (bicyclic) bond motifs is 1. The molecule has 26 heavy (non-hydrogen) atoms. The Labute approximate surface area is 165 Å². The summed E-state index contributed by atoms with van der Waals surface area (Å²) in [6.45, 7) is 2.15. The van der Waals surface area contributed by atoms with Crippen LogP contribution in [-0.2, 0) is 6.42 Å². The molecule has 1 N–H and O–H groups in total. The average molecular weight is 400 g/mol. The fourth-order valence-corrected chi connectivity index (χ4v) is 4.03. The van der Waals surface area contributed by atoms with Gasteiger partial charge in [0.15, 0.2) is 0 Å². The Morgan fingerprint density at radius 1 is 1.00 bits per heavy atom. The number of nitrogens with one attached hydrogen (secondary N) is 1. The van der Waals surface area contributed by atoms with Gasteiger partial charge in [-0.05, 0) is 35.7 Å². The van der Waals surface area contributed by atoms with Crippen LogP contribution in [0.4, 0.5) is 11.5 Å². The van der Waals surface area contributed by atoms with Crippen molar-refractivity contribution in [2.45, 2.75) is 13.3 Å². The predicted octanol–water partition coefficient (Wildman–Crippen LogP) is 6.97. The Kier molecular flexibility index (Phi) is 4.81. The third kappa shape index (κ3) is 3.28. The number of benzene rings is 2. The highest BCUT2D eigenvalue weighted by molar-refractivity contribution is 7.17. The second-order valence-electron chi connectivity index (χ2n) is 5.86. The van der Waals surface area contributed by atoms with E-state index in [1.807, 2.05) is 6.07 Å². The van der Waals surface area contributed by atoms with Gasteiger partial charge in [0.2, 0.25) is 0 Å². The lowest BCUT2D eigenvalue weighted by Crippen LogP contribution is -1.95. The lowest BCUT2D eigenvalue weighted by atomic mass is 10.0. The summed E-state index contributed by atoms with van der Waals surface area (Å²) < 4.78 is 0. The van der Waals surface area contributed by atoms with Crippen molar-refractivity contribution in [3.05, 3.63) is 69.8 Å². The van der Waals surface area contributed by atoms with E-state index in [4.69, 9.17) is 23.2 Å². The maximum atomic E-state index is 6.13. The van der Waals surface area contributed by atoms with Crippen LogP contribution >= 0.6 is 34.5 Å². The molecule has 2 heterocycles. The molecule has 0 spiro atoms. The minimum absolute atomic E-state index is 0.502. The van der Waals surface area contributed by atoms with Crippen molar-refractivity contribution in [1.82, 2.24) is 9.97 Å². The smallest absolute Gasteiger partial charge is 0.143 e. The van der Waals surface area contributed by atoms with Crippen molar-refractivity contribution >= 4 is 56.3 Å². The van der Waals surface area contributed by atoms with Crippen LogP contribution in [0.1, 0.15) is 12.5 Å². The molecule has 2 aromatic heterocycles. The summed E-state index contributed by atoms with van der Waals surface area (Å²) in [4.78, 5) is 9.81. The number of halogens is 2. The molecule has 0 aliphatic carbocycles. The first-order valence-electron chi connectivity index (χ1n) is 8.19. The number of anilines is 2. The third-order valence-corrected chi connectivity index (χ3v) is 5.85. The highest BCUT2D eigenvalue weighted by Crippen LogP contribution is 2.38. The number of rotatable bonds is 4. The molecular formula is C20H15Cl2N3S. The van der Waals surface area contributed by atoms with E-state index in [1.54, 1.807) is 29.8 Å². The van der Waals surface area contributed by atoms with E-state index in [-0.39, 0.29) is 0 Å². The number of hydrogen-bond donors (Lipinski definition) is 1. The SMILES string of the molecule is CCc1ccc(-c2csc3ncnc(Nc4ccc(Cl)c(Cl)c4)c23)cc1. The van der Waals surface area contributed by atoms with E-state index in [9.17, 15) is 0 Å². The molecule has 0 saturated heterocycles. The molecule has 130 valence electrons. The molecule has 0 unspecified atom stereocenters. The van der Waals surface area contributed by atoms with E-state index in [2.05, 4.69) is 51.9 Å². The molecule has 0 aliphatic heterocycles. The van der Waals surface area contributed by atoms with Gasteiger partial charge in [0.25, 0.3) is 0 Å². The highest BCUT2D eigenvalue weighted by atomic mass is 35.5. The molecule has 0 saturated carbocycles. The highest BCUT2D eigenvalue weighted by Gasteiger charge is 2.13. The zero-order chi connectivity index (χ0) is 18.1. The van der Waals surface area contributed by atoms with Gasteiger partial charge >= 0.3 is 0 Å². The molecule has 2 aromatic carbocycles. The maximum Gasteiger partial charge on any atom is 0.143 e. The lowest BCUT2D eigenvalue weighted by Gasteiger charge is -2.09. The maximum absolute atomic E-state index is 6.13. The van der Waals surface area contributed by atoms with E-state index in [1.165, 1.54) is 5.56 Å². The Hall–Kier alpha value is -2.14. The Morgan fingerprint density at radius 2 is 1.81 bits per heavy atom. The minimum Gasteiger partial charge on any atom is -0.340 e. The summed E-state index contributed by atoms with van der Waals surface area (Å²) >= 11 is 13.7. The van der Waals surface area contributed by atoms with E-state index in [0.29, 0.717) is 10.0 Å². The van der Waals surface area contributed by atoms with Crippen molar-refractivity contribution in [3.63, 3.8) is 0 Å². The molecule has 0 fully saturated rings. The molecule has 6 heteroatoms. The molecule has 4 aromatic rings. The van der Waals surface area contributed by atoms with Crippen LogP contribution < -0.4 is 5.32 Å². The van der Waals surface area contributed by atoms with Gasteiger partial charge < -0.3 is 5.32 Å². The molecule has 3 nitrogen and oxygen atoms in total. The molecule has 0 atom stereocenters. The van der Waals surface area contributed by atoms with E-state index < -0.39 is 0 Å². The van der Waals surface area contributed by atoms with Crippen LogP contribution in [0.2, 0.25) is 10.0 Å². The Morgan fingerprint density at radius 3 is 2.54 bits per heavy atom. The van der Waals surface area contributed by atoms with E-state index >= 15 is 0 Å². The number of hydrogen-bond acceptors (Lipinski definition) is 4. The molecule has 0 bridgehead atoms. The number of thiophene rings is 1. The van der Waals surface area contributed by atoms with Crippen LogP contribution in [0.25, 0.3) is 21.3 Å². The molecule has 0 amide bonds. The monoisotopic (exact) mass is 399 g/mol. The first-order chi connectivity index (χ1) is 12.7. The molecule has 4 rings (SSSR count). The largest absolute Gasteiger partial charge is 0.340 e. The lowest BCUT2D eigenvalue weighted by molar-refractivity contribution is 1.14. The zero-order valence-corrected chi connectivity index (χ0v) is 16.3. The van der Waals surface area contributed by atoms with Crippen LogP contribution in [-0.4, -0.2) is 9.97 Å². The van der Waals surface area contributed by atoms with Crippen LogP contribution in [0.5, 0.6) is 0 Å². The standard InChI is InChI=1S/C20H15Cl2N3S/c1-2-12-3-5-13(6-4-12)15-10-26-20-18(15)19(23-11-24-20)25-14-7-8-16(21)17(22)9-14/h3-11H,2H2,1H3,(H,23,24,25). The Bertz CT molecular complexity index is 1070. The van der Waals surface area contributed by atoms with Crippen molar-refractivity contribution < 1.29 is 0 Å². The zero-order valence-electron chi connectivity index (χ0n) is 14.0. The summed E-state index contributed by atoms with van der Waals surface area (Å²) in [5, 5.41) is 7.51. The summed E-state index contributed by atoms with van der Waals surface area (Å²) in [6.07, 6.45) is 2.60. The van der Waals surface area contributed by atoms with Crippen molar-refractivity contribution in [3.8, 4) is 11.1 Å². The van der Waals surface area contributed by atoms with Crippen LogP contribution in [0, 0.1) is 0 Å². The predicted molar refractivity (Wildman–Crippen MR) is 112 cm³/mol. The second kappa shape index (κ2) is 7.23. The van der Waals surface area contributed by atoms with Gasteiger partial charge in [0, 0.05) is 16.6 Å². The number of nitrogens with zero attached hydrogens (tertiary/aromatic N) is 2. The molecule has 0 aliphatic rings. The quantitative estimate of drug-likeness (QED) is 0.402. The van der Waals surface area contributed by atoms with Gasteiger partial charge in [-0.1, -0.05) is 54.4 Å². The van der Waals surface area contributed by atoms with Crippen molar-refractivity contribution in [2.24, 2.45) is 0 Å². The average Bonchev–Trinajstić information content (AvgIpc) is 3.10. The van der Waals surface area contributed by atoms with Gasteiger partial charge in [-0.3, -0.25) is 0 Å². The fraction of sp³-hybridized carbons (Fsp3) is 0.100. The molecular weight excluding hydrogens is 385 g/mol. The molecule has 0 radical (unpaired) electrons. The summed E-state index contributed by atoms with van der Waals surface area (Å²) in [5.74, 6) is 0.754. The summed E-state index contributed by atoms with van der Waals surface area (Å²) in [7, 11) is 0.